The quantitative estimate of drug-likeness (QED) is 0.606. The van der Waals surface area contributed by atoms with E-state index in [2.05, 4.69) is 61.2 Å². The fraction of sp³-hybridized carbons (Fsp3) is 0.333. The second-order valence-corrected chi connectivity index (χ2v) is 7.98. The van der Waals surface area contributed by atoms with Gasteiger partial charge < -0.3 is 10.2 Å². The van der Waals surface area contributed by atoms with Crippen molar-refractivity contribution in [2.75, 3.05) is 23.7 Å². The number of aryl methyl sites for hydroxylation is 1. The Balaban J connectivity index is 1.47. The van der Waals surface area contributed by atoms with E-state index in [1.807, 2.05) is 18.2 Å². The highest BCUT2D eigenvalue weighted by Gasteiger charge is 2.22. The number of nitrogens with zero attached hydrogens (tertiary/aromatic N) is 5. The van der Waals surface area contributed by atoms with E-state index in [4.69, 9.17) is 0 Å². The van der Waals surface area contributed by atoms with E-state index in [0.717, 1.165) is 35.6 Å². The lowest BCUT2D eigenvalue weighted by molar-refractivity contribution is -0.118. The van der Waals surface area contributed by atoms with Gasteiger partial charge >= 0.3 is 0 Å². The van der Waals surface area contributed by atoms with Crippen molar-refractivity contribution in [2.45, 2.75) is 31.5 Å². The summed E-state index contributed by atoms with van der Waals surface area (Å²) < 4.78 is 2.06. The minimum Gasteiger partial charge on any atom is -0.350 e. The van der Waals surface area contributed by atoms with Crippen molar-refractivity contribution < 1.29 is 4.79 Å². The Morgan fingerprint density at radius 3 is 2.62 bits per heavy atom. The first-order chi connectivity index (χ1) is 14.2. The molecule has 0 radical (unpaired) electrons. The van der Waals surface area contributed by atoms with Crippen molar-refractivity contribution in [3.05, 3.63) is 59.9 Å². The van der Waals surface area contributed by atoms with Gasteiger partial charge in [0.05, 0.1) is 23.7 Å². The van der Waals surface area contributed by atoms with Gasteiger partial charge in [0, 0.05) is 19.3 Å². The van der Waals surface area contributed by atoms with Gasteiger partial charge in [-0.15, -0.1) is 10.2 Å². The highest BCUT2D eigenvalue weighted by atomic mass is 32.2. The van der Waals surface area contributed by atoms with E-state index >= 15 is 0 Å². The molecular weight excluding hydrogens is 384 g/mol. The molecule has 4 rings (SSSR count). The molecule has 0 atom stereocenters. The summed E-state index contributed by atoms with van der Waals surface area (Å²) in [6.45, 7) is 4.46. The second-order valence-electron chi connectivity index (χ2n) is 7.03. The van der Waals surface area contributed by atoms with Crippen molar-refractivity contribution in [3.63, 3.8) is 0 Å². The fourth-order valence-corrected chi connectivity index (χ4v) is 4.05. The van der Waals surface area contributed by atoms with Gasteiger partial charge in [-0.1, -0.05) is 35.5 Å². The van der Waals surface area contributed by atoms with Crippen molar-refractivity contribution in [1.82, 2.24) is 25.1 Å². The van der Waals surface area contributed by atoms with E-state index < -0.39 is 0 Å². The molecule has 1 N–H and O–H groups in total. The summed E-state index contributed by atoms with van der Waals surface area (Å²) >= 11 is 1.40. The molecule has 0 spiro atoms. The van der Waals surface area contributed by atoms with Gasteiger partial charge in [0.15, 0.2) is 5.16 Å². The number of thioether (sulfide) groups is 1. The molecule has 1 aliphatic rings. The summed E-state index contributed by atoms with van der Waals surface area (Å²) in [7, 11) is 0. The van der Waals surface area contributed by atoms with Gasteiger partial charge in [-0.05, 0) is 44.0 Å². The maximum Gasteiger partial charge on any atom is 0.232 e. The van der Waals surface area contributed by atoms with Crippen LogP contribution in [0.25, 0.3) is 5.69 Å². The summed E-state index contributed by atoms with van der Waals surface area (Å²) in [6.07, 6.45) is 4.05. The van der Waals surface area contributed by atoms with Crippen molar-refractivity contribution >= 4 is 23.6 Å². The summed E-state index contributed by atoms with van der Waals surface area (Å²) in [6, 6.07) is 14.0. The lowest BCUT2D eigenvalue weighted by atomic mass is 10.2. The number of hydrogen-bond donors (Lipinski definition) is 1. The number of aromatic nitrogens is 4. The number of amides is 1. The molecule has 0 unspecified atom stereocenters. The normalized spacial score (nSPS) is 13.6. The zero-order valence-corrected chi connectivity index (χ0v) is 17.2. The van der Waals surface area contributed by atoms with E-state index in [-0.39, 0.29) is 11.7 Å². The van der Waals surface area contributed by atoms with Crippen LogP contribution in [0.3, 0.4) is 0 Å². The Morgan fingerprint density at radius 2 is 1.90 bits per heavy atom. The minimum atomic E-state index is -0.0539. The Bertz CT molecular complexity index is 951. The van der Waals surface area contributed by atoms with E-state index in [1.165, 1.54) is 30.2 Å². The zero-order valence-electron chi connectivity index (χ0n) is 16.4. The topological polar surface area (TPSA) is 75.9 Å². The highest BCUT2D eigenvalue weighted by molar-refractivity contribution is 7.99. The third-order valence-corrected chi connectivity index (χ3v) is 5.75. The molecule has 1 aliphatic heterocycles. The molecule has 3 aromatic rings. The highest BCUT2D eigenvalue weighted by Crippen LogP contribution is 2.28. The molecular formula is C21H24N6OS. The monoisotopic (exact) mass is 408 g/mol. The lowest BCUT2D eigenvalue weighted by Gasteiger charge is -2.18. The molecule has 1 amide bonds. The average molecular weight is 409 g/mol. The fourth-order valence-electron chi connectivity index (χ4n) is 3.27. The third-order valence-electron chi connectivity index (χ3n) is 4.82. The smallest absolute Gasteiger partial charge is 0.232 e. The maximum atomic E-state index is 12.3. The number of carbonyl (C=O) groups excluding carboxylic acids is 1. The third kappa shape index (κ3) is 4.76. The first-order valence-corrected chi connectivity index (χ1v) is 10.8. The number of anilines is 1. The van der Waals surface area contributed by atoms with Crippen LogP contribution in [0, 0.1) is 6.92 Å². The van der Waals surface area contributed by atoms with Gasteiger partial charge in [0.2, 0.25) is 11.9 Å². The number of carbonyl (C=O) groups is 1. The van der Waals surface area contributed by atoms with Crippen molar-refractivity contribution in [2.24, 2.45) is 0 Å². The second kappa shape index (κ2) is 9.09. The Labute approximate surface area is 174 Å². The molecule has 0 bridgehead atoms. The Morgan fingerprint density at radius 1 is 1.10 bits per heavy atom. The number of benzene rings is 1. The molecule has 2 aromatic heterocycles. The summed E-state index contributed by atoms with van der Waals surface area (Å²) in [5.74, 6) is 1.07. The number of pyridine rings is 1. The lowest BCUT2D eigenvalue weighted by Crippen LogP contribution is -2.25. The number of nitrogens with one attached hydrogen (secondary N) is 1. The Hall–Kier alpha value is -2.87. The van der Waals surface area contributed by atoms with Crippen LogP contribution in [0.5, 0.6) is 0 Å². The van der Waals surface area contributed by atoms with Crippen LogP contribution in [0.15, 0.2) is 53.8 Å². The molecule has 0 saturated carbocycles. The van der Waals surface area contributed by atoms with Crippen molar-refractivity contribution in [3.8, 4) is 5.69 Å². The van der Waals surface area contributed by atoms with Crippen LogP contribution >= 0.6 is 11.8 Å². The number of rotatable bonds is 7. The van der Waals surface area contributed by atoms with Crippen LogP contribution in [-0.2, 0) is 11.3 Å². The van der Waals surface area contributed by atoms with Gasteiger partial charge in [-0.25, -0.2) is 0 Å². The van der Waals surface area contributed by atoms with Crippen molar-refractivity contribution in [1.29, 1.82) is 0 Å². The zero-order chi connectivity index (χ0) is 20.1. The van der Waals surface area contributed by atoms with Gasteiger partial charge in [-0.2, -0.15) is 0 Å². The summed E-state index contributed by atoms with van der Waals surface area (Å²) in [5, 5.41) is 12.5. The van der Waals surface area contributed by atoms with Crippen LogP contribution in [-0.4, -0.2) is 44.5 Å². The maximum absolute atomic E-state index is 12.3. The van der Waals surface area contributed by atoms with Gasteiger partial charge in [0.25, 0.3) is 0 Å². The van der Waals surface area contributed by atoms with Crippen LogP contribution in [0.1, 0.15) is 24.1 Å². The van der Waals surface area contributed by atoms with E-state index in [1.54, 1.807) is 6.20 Å². The molecule has 7 nitrogen and oxygen atoms in total. The first-order valence-electron chi connectivity index (χ1n) is 9.77. The minimum absolute atomic E-state index is 0.0539. The predicted molar refractivity (Wildman–Crippen MR) is 114 cm³/mol. The summed E-state index contributed by atoms with van der Waals surface area (Å²) in [5.41, 5.74) is 3.05. The SMILES string of the molecule is Cc1ccc(-n2c(SCC(=O)NCc3ccccn3)nnc2N2CCCC2)cc1. The molecule has 1 aromatic carbocycles. The summed E-state index contributed by atoms with van der Waals surface area (Å²) in [4.78, 5) is 18.8. The van der Waals surface area contributed by atoms with Crippen LogP contribution in [0.2, 0.25) is 0 Å². The van der Waals surface area contributed by atoms with E-state index in [9.17, 15) is 4.79 Å². The van der Waals surface area contributed by atoms with E-state index in [0.29, 0.717) is 6.54 Å². The van der Waals surface area contributed by atoms with Crippen LogP contribution < -0.4 is 10.2 Å². The molecule has 3 heterocycles. The average Bonchev–Trinajstić information content (AvgIpc) is 3.42. The standard InChI is InChI=1S/C21H24N6OS/c1-16-7-9-18(10-8-16)27-20(26-12-4-5-13-26)24-25-21(27)29-15-19(28)23-14-17-6-2-3-11-22-17/h2-3,6-11H,4-5,12-15H2,1H3,(H,23,28). The number of hydrogen-bond acceptors (Lipinski definition) is 6. The predicted octanol–water partition coefficient (Wildman–Crippen LogP) is 2.98. The van der Waals surface area contributed by atoms with Gasteiger partial charge in [0.1, 0.15) is 0 Å². The van der Waals surface area contributed by atoms with Crippen LogP contribution in [0.4, 0.5) is 5.95 Å². The Kier molecular flexibility index (Phi) is 6.09. The molecule has 150 valence electrons. The molecule has 8 heteroatoms. The molecule has 0 aliphatic carbocycles. The molecule has 1 saturated heterocycles. The van der Waals surface area contributed by atoms with Gasteiger partial charge in [-0.3, -0.25) is 14.3 Å². The largest absolute Gasteiger partial charge is 0.350 e. The molecule has 1 fully saturated rings. The molecule has 29 heavy (non-hydrogen) atoms. The first kappa shape index (κ1) is 19.4.